The van der Waals surface area contributed by atoms with Gasteiger partial charge in [0.05, 0.1) is 0 Å². The molecule has 0 unspecified atom stereocenters. The molecule has 0 saturated heterocycles. The number of amides is 1. The Morgan fingerprint density at radius 2 is 2.12 bits per heavy atom. The highest BCUT2D eigenvalue weighted by Crippen LogP contribution is 2.20. The van der Waals surface area contributed by atoms with Gasteiger partial charge < -0.3 is 16.4 Å². The largest absolute Gasteiger partial charge is 0.373 e. The predicted octanol–water partition coefficient (Wildman–Crippen LogP) is 0.758. The number of primary amides is 1. The fraction of sp³-hybridized carbons (Fsp3) is 0.545. The summed E-state index contributed by atoms with van der Waals surface area (Å²) in [5.74, 6) is 1.27. The van der Waals surface area contributed by atoms with E-state index in [2.05, 4.69) is 27.5 Å². The van der Waals surface area contributed by atoms with Crippen LogP contribution in [-0.4, -0.2) is 29.5 Å². The van der Waals surface area contributed by atoms with E-state index < -0.39 is 0 Å². The number of nitrogens with two attached hydrogens (primary N) is 1. The lowest BCUT2D eigenvalue weighted by molar-refractivity contribution is -0.117. The van der Waals surface area contributed by atoms with Crippen LogP contribution >= 0.6 is 0 Å². The zero-order valence-electron chi connectivity index (χ0n) is 10.3. The summed E-state index contributed by atoms with van der Waals surface area (Å²) in [6.45, 7) is 2.59. The Labute approximate surface area is 101 Å². The van der Waals surface area contributed by atoms with Gasteiger partial charge in [-0.1, -0.05) is 13.3 Å². The van der Waals surface area contributed by atoms with Gasteiger partial charge in [-0.15, -0.1) is 0 Å². The fourth-order valence-corrected chi connectivity index (χ4v) is 1.57. The molecule has 0 fully saturated rings. The zero-order chi connectivity index (χ0) is 12.7. The maximum absolute atomic E-state index is 10.7. The van der Waals surface area contributed by atoms with Gasteiger partial charge in [0.15, 0.2) is 0 Å². The van der Waals surface area contributed by atoms with E-state index in [0.717, 1.165) is 30.0 Å². The van der Waals surface area contributed by atoms with Crippen LogP contribution < -0.4 is 16.4 Å². The van der Waals surface area contributed by atoms with Gasteiger partial charge in [-0.25, -0.2) is 9.97 Å². The van der Waals surface area contributed by atoms with E-state index in [4.69, 9.17) is 5.73 Å². The second kappa shape index (κ2) is 6.67. The maximum atomic E-state index is 10.7. The number of nitrogens with one attached hydrogen (secondary N) is 2. The van der Waals surface area contributed by atoms with Crippen molar-refractivity contribution >= 4 is 17.5 Å². The van der Waals surface area contributed by atoms with Crippen LogP contribution in [0.15, 0.2) is 6.33 Å². The van der Waals surface area contributed by atoms with E-state index in [1.165, 1.54) is 6.33 Å². The lowest BCUT2D eigenvalue weighted by atomic mass is 10.1. The van der Waals surface area contributed by atoms with E-state index in [-0.39, 0.29) is 5.91 Å². The van der Waals surface area contributed by atoms with Gasteiger partial charge in [-0.05, 0) is 6.42 Å². The highest BCUT2D eigenvalue weighted by Gasteiger charge is 2.09. The number of anilines is 2. The summed E-state index contributed by atoms with van der Waals surface area (Å²) < 4.78 is 0. The average molecular weight is 237 g/mol. The molecule has 0 atom stereocenters. The molecule has 0 aromatic carbocycles. The third-order valence-corrected chi connectivity index (χ3v) is 2.35. The molecule has 0 aliphatic rings. The normalized spacial score (nSPS) is 10.0. The van der Waals surface area contributed by atoms with Crippen molar-refractivity contribution in [3.63, 3.8) is 0 Å². The fourth-order valence-electron chi connectivity index (χ4n) is 1.57. The lowest BCUT2D eigenvalue weighted by Gasteiger charge is -2.12. The van der Waals surface area contributed by atoms with Crippen molar-refractivity contribution in [1.29, 1.82) is 0 Å². The molecule has 0 radical (unpaired) electrons. The van der Waals surface area contributed by atoms with E-state index in [9.17, 15) is 4.79 Å². The molecule has 1 heterocycles. The van der Waals surface area contributed by atoms with Gasteiger partial charge in [-0.3, -0.25) is 4.79 Å². The summed E-state index contributed by atoms with van der Waals surface area (Å²) >= 11 is 0. The molecule has 0 aliphatic heterocycles. The first kappa shape index (κ1) is 13.2. The number of nitrogens with zero attached hydrogens (tertiary/aromatic N) is 2. The minimum atomic E-state index is -0.322. The Bertz CT molecular complexity index is 380. The second-order valence-electron chi connectivity index (χ2n) is 3.69. The number of rotatable bonds is 7. The van der Waals surface area contributed by atoms with Crippen molar-refractivity contribution in [2.24, 2.45) is 5.73 Å². The van der Waals surface area contributed by atoms with Crippen LogP contribution in [0.2, 0.25) is 0 Å². The molecular formula is C11H19N5O. The Morgan fingerprint density at radius 3 is 2.71 bits per heavy atom. The van der Waals surface area contributed by atoms with Crippen LogP contribution in [0.5, 0.6) is 0 Å². The SMILES string of the molecule is CCCc1c(NC)ncnc1NCCC(N)=O. The molecule has 0 bridgehead atoms. The topological polar surface area (TPSA) is 92.9 Å². The summed E-state index contributed by atoms with van der Waals surface area (Å²) in [6.07, 6.45) is 3.69. The van der Waals surface area contributed by atoms with Gasteiger partial charge >= 0.3 is 0 Å². The summed E-state index contributed by atoms with van der Waals surface area (Å²) in [6, 6.07) is 0. The Balaban J connectivity index is 2.78. The first-order valence-electron chi connectivity index (χ1n) is 5.72. The molecule has 6 heteroatoms. The van der Waals surface area contributed by atoms with Crippen LogP contribution in [0.3, 0.4) is 0 Å². The average Bonchev–Trinajstić information content (AvgIpc) is 2.30. The molecule has 17 heavy (non-hydrogen) atoms. The summed E-state index contributed by atoms with van der Waals surface area (Å²) in [7, 11) is 1.83. The second-order valence-corrected chi connectivity index (χ2v) is 3.69. The van der Waals surface area contributed by atoms with Gasteiger partial charge in [0, 0.05) is 25.6 Å². The predicted molar refractivity (Wildman–Crippen MR) is 67.9 cm³/mol. The molecule has 0 spiro atoms. The number of carbonyl (C=O) groups is 1. The third kappa shape index (κ3) is 3.90. The highest BCUT2D eigenvalue weighted by atomic mass is 16.1. The standard InChI is InChI=1S/C11H19N5O/c1-3-4-8-10(13-2)15-7-16-11(8)14-6-5-9(12)17/h7H,3-6H2,1-2H3,(H2,12,17)(H2,13,14,15,16). The quantitative estimate of drug-likeness (QED) is 0.651. The number of hydrogen-bond acceptors (Lipinski definition) is 5. The van der Waals surface area contributed by atoms with Crippen LogP contribution in [0.4, 0.5) is 11.6 Å². The molecule has 1 amide bonds. The molecule has 6 nitrogen and oxygen atoms in total. The number of carbonyl (C=O) groups excluding carboxylic acids is 1. The Kier molecular flexibility index (Phi) is 5.19. The summed E-state index contributed by atoms with van der Waals surface area (Å²) in [5, 5.41) is 6.15. The van der Waals surface area contributed by atoms with Gasteiger partial charge in [0.1, 0.15) is 18.0 Å². The Hall–Kier alpha value is -1.85. The van der Waals surface area contributed by atoms with Crippen molar-refractivity contribution in [1.82, 2.24) is 9.97 Å². The van der Waals surface area contributed by atoms with Crippen LogP contribution in [0.1, 0.15) is 25.3 Å². The maximum Gasteiger partial charge on any atom is 0.219 e. The number of aromatic nitrogens is 2. The van der Waals surface area contributed by atoms with Crippen molar-refractivity contribution in [3.05, 3.63) is 11.9 Å². The van der Waals surface area contributed by atoms with E-state index in [0.29, 0.717) is 13.0 Å². The van der Waals surface area contributed by atoms with Crippen LogP contribution in [-0.2, 0) is 11.2 Å². The Morgan fingerprint density at radius 1 is 1.41 bits per heavy atom. The van der Waals surface area contributed by atoms with Crippen molar-refractivity contribution in [2.75, 3.05) is 24.2 Å². The van der Waals surface area contributed by atoms with E-state index in [1.807, 2.05) is 7.05 Å². The minimum absolute atomic E-state index is 0.296. The van der Waals surface area contributed by atoms with Crippen molar-refractivity contribution in [2.45, 2.75) is 26.2 Å². The van der Waals surface area contributed by atoms with Crippen LogP contribution in [0.25, 0.3) is 0 Å². The summed E-state index contributed by atoms with van der Waals surface area (Å²) in [5.41, 5.74) is 6.13. The van der Waals surface area contributed by atoms with Crippen LogP contribution in [0, 0.1) is 0 Å². The smallest absolute Gasteiger partial charge is 0.219 e. The monoisotopic (exact) mass is 237 g/mol. The molecule has 0 saturated carbocycles. The van der Waals surface area contributed by atoms with E-state index >= 15 is 0 Å². The zero-order valence-corrected chi connectivity index (χ0v) is 10.3. The molecular weight excluding hydrogens is 218 g/mol. The van der Waals surface area contributed by atoms with Crippen molar-refractivity contribution in [3.8, 4) is 0 Å². The van der Waals surface area contributed by atoms with E-state index in [1.54, 1.807) is 0 Å². The summed E-state index contributed by atoms with van der Waals surface area (Å²) in [4.78, 5) is 19.0. The van der Waals surface area contributed by atoms with Gasteiger partial charge in [0.25, 0.3) is 0 Å². The third-order valence-electron chi connectivity index (χ3n) is 2.35. The first-order valence-corrected chi connectivity index (χ1v) is 5.72. The minimum Gasteiger partial charge on any atom is -0.373 e. The molecule has 94 valence electrons. The number of hydrogen-bond donors (Lipinski definition) is 3. The molecule has 4 N–H and O–H groups in total. The molecule has 1 aromatic rings. The first-order chi connectivity index (χ1) is 8.19. The molecule has 0 aliphatic carbocycles. The van der Waals surface area contributed by atoms with Gasteiger partial charge in [-0.2, -0.15) is 0 Å². The molecule has 1 rings (SSSR count). The van der Waals surface area contributed by atoms with Crippen molar-refractivity contribution < 1.29 is 4.79 Å². The molecule has 1 aromatic heterocycles. The van der Waals surface area contributed by atoms with Gasteiger partial charge in [0.2, 0.25) is 5.91 Å². The highest BCUT2D eigenvalue weighted by molar-refractivity contribution is 5.74. The lowest BCUT2D eigenvalue weighted by Crippen LogP contribution is -2.17.